The molecule has 0 aliphatic heterocycles. The molecule has 2 fully saturated rings. The first-order chi connectivity index (χ1) is 13.3. The van der Waals surface area contributed by atoms with Crippen molar-refractivity contribution in [2.45, 2.75) is 37.4 Å². The maximum Gasteiger partial charge on any atom is 0.416 e. The van der Waals surface area contributed by atoms with Gasteiger partial charge in [-0.15, -0.1) is 0 Å². The maximum atomic E-state index is 12.7. The molecule has 2 aliphatic carbocycles. The summed E-state index contributed by atoms with van der Waals surface area (Å²) >= 11 is 0. The van der Waals surface area contributed by atoms with E-state index < -0.39 is 11.7 Å². The molecule has 7 heteroatoms. The molecular formula is C21H19F3N2O2. The molecule has 2 aromatic rings. The third-order valence-corrected chi connectivity index (χ3v) is 5.10. The Labute approximate surface area is 160 Å². The largest absolute Gasteiger partial charge is 0.416 e. The standard InChI is InChI=1S/C21H19F3N2O2/c22-21(23,24)14-6-4-12(5-7-14)17-11-18(17)20(28)26-16-3-1-2-13(10-16)19(27)25-15-8-9-15/h1-7,10,15,17-18H,8-9,11H2,(H,25,27)(H,26,28). The van der Waals surface area contributed by atoms with Gasteiger partial charge in [0, 0.05) is 23.2 Å². The first kappa shape index (κ1) is 18.5. The van der Waals surface area contributed by atoms with Gasteiger partial charge >= 0.3 is 6.18 Å². The molecule has 2 aromatic carbocycles. The van der Waals surface area contributed by atoms with Gasteiger partial charge in [0.05, 0.1) is 5.56 Å². The minimum Gasteiger partial charge on any atom is -0.349 e. The predicted molar refractivity (Wildman–Crippen MR) is 97.9 cm³/mol. The third kappa shape index (κ3) is 4.18. The maximum absolute atomic E-state index is 12.7. The molecule has 0 saturated heterocycles. The number of amides is 2. The zero-order valence-corrected chi connectivity index (χ0v) is 14.9. The van der Waals surface area contributed by atoms with E-state index in [4.69, 9.17) is 0 Å². The molecule has 2 saturated carbocycles. The topological polar surface area (TPSA) is 58.2 Å². The van der Waals surface area contributed by atoms with Crippen molar-refractivity contribution in [3.8, 4) is 0 Å². The Hall–Kier alpha value is -2.83. The van der Waals surface area contributed by atoms with Crippen LogP contribution in [0.4, 0.5) is 18.9 Å². The summed E-state index contributed by atoms with van der Waals surface area (Å²) in [5.74, 6) is -0.707. The molecule has 2 aliphatic rings. The van der Waals surface area contributed by atoms with E-state index in [-0.39, 0.29) is 29.7 Å². The van der Waals surface area contributed by atoms with Crippen LogP contribution in [0.5, 0.6) is 0 Å². The van der Waals surface area contributed by atoms with Gasteiger partial charge in [-0.05, 0) is 61.1 Å². The number of rotatable bonds is 5. The average Bonchev–Trinajstić information content (AvgIpc) is 3.56. The van der Waals surface area contributed by atoms with Gasteiger partial charge in [-0.3, -0.25) is 9.59 Å². The van der Waals surface area contributed by atoms with Gasteiger partial charge in [0.1, 0.15) is 0 Å². The summed E-state index contributed by atoms with van der Waals surface area (Å²) in [6, 6.07) is 11.9. The van der Waals surface area contributed by atoms with Crippen LogP contribution in [0.2, 0.25) is 0 Å². The van der Waals surface area contributed by atoms with Crippen LogP contribution in [-0.4, -0.2) is 17.9 Å². The van der Waals surface area contributed by atoms with Crippen molar-refractivity contribution in [3.63, 3.8) is 0 Å². The van der Waals surface area contributed by atoms with Crippen LogP contribution in [0, 0.1) is 5.92 Å². The Morgan fingerprint density at radius 2 is 1.71 bits per heavy atom. The zero-order chi connectivity index (χ0) is 19.9. The molecule has 0 heterocycles. The number of carbonyl (C=O) groups is 2. The Morgan fingerprint density at radius 1 is 1.00 bits per heavy atom. The van der Waals surface area contributed by atoms with Crippen molar-refractivity contribution in [3.05, 3.63) is 65.2 Å². The SMILES string of the molecule is O=C(NC1CC1)c1cccc(NC(=O)C2CC2c2ccc(C(F)(F)F)cc2)c1. The molecule has 0 spiro atoms. The quantitative estimate of drug-likeness (QED) is 0.801. The fourth-order valence-corrected chi connectivity index (χ4v) is 3.24. The fourth-order valence-electron chi connectivity index (χ4n) is 3.24. The molecule has 0 radical (unpaired) electrons. The molecule has 0 aromatic heterocycles. The van der Waals surface area contributed by atoms with Crippen molar-refractivity contribution in [2.24, 2.45) is 5.92 Å². The number of hydrogen-bond acceptors (Lipinski definition) is 2. The van der Waals surface area contributed by atoms with Gasteiger partial charge in [-0.25, -0.2) is 0 Å². The molecule has 4 rings (SSSR count). The normalized spacial score (nSPS) is 21.1. The van der Waals surface area contributed by atoms with Crippen molar-refractivity contribution in [2.75, 3.05) is 5.32 Å². The highest BCUT2D eigenvalue weighted by Gasteiger charge is 2.44. The van der Waals surface area contributed by atoms with Crippen LogP contribution in [0.25, 0.3) is 0 Å². The van der Waals surface area contributed by atoms with E-state index in [2.05, 4.69) is 10.6 Å². The number of benzene rings is 2. The van der Waals surface area contributed by atoms with E-state index in [1.165, 1.54) is 12.1 Å². The van der Waals surface area contributed by atoms with E-state index in [1.54, 1.807) is 24.3 Å². The summed E-state index contributed by atoms with van der Waals surface area (Å²) in [7, 11) is 0. The van der Waals surface area contributed by atoms with Crippen LogP contribution < -0.4 is 10.6 Å². The van der Waals surface area contributed by atoms with Crippen molar-refractivity contribution in [1.29, 1.82) is 0 Å². The summed E-state index contributed by atoms with van der Waals surface area (Å²) in [5.41, 5.74) is 1.05. The molecule has 4 nitrogen and oxygen atoms in total. The molecular weight excluding hydrogens is 369 g/mol. The summed E-state index contributed by atoms with van der Waals surface area (Å²) in [6.45, 7) is 0. The first-order valence-corrected chi connectivity index (χ1v) is 9.20. The Bertz CT molecular complexity index is 905. The second-order valence-corrected chi connectivity index (χ2v) is 7.39. The molecule has 28 heavy (non-hydrogen) atoms. The third-order valence-electron chi connectivity index (χ3n) is 5.10. The monoisotopic (exact) mass is 388 g/mol. The number of alkyl halides is 3. The van der Waals surface area contributed by atoms with E-state index in [9.17, 15) is 22.8 Å². The van der Waals surface area contributed by atoms with Gasteiger partial charge in [-0.2, -0.15) is 13.2 Å². The number of halogens is 3. The van der Waals surface area contributed by atoms with Gasteiger partial charge in [0.25, 0.3) is 5.91 Å². The Balaban J connectivity index is 1.36. The summed E-state index contributed by atoms with van der Waals surface area (Å²) in [6.07, 6.45) is -1.78. The lowest BCUT2D eigenvalue weighted by Gasteiger charge is -2.09. The second kappa shape index (κ2) is 6.96. The molecule has 2 unspecified atom stereocenters. The highest BCUT2D eigenvalue weighted by atomic mass is 19.4. The van der Waals surface area contributed by atoms with E-state index in [0.29, 0.717) is 17.7 Å². The molecule has 0 bridgehead atoms. The number of hydrogen-bond donors (Lipinski definition) is 2. The van der Waals surface area contributed by atoms with Gasteiger partial charge in [-0.1, -0.05) is 18.2 Å². The lowest BCUT2D eigenvalue weighted by atomic mass is 10.1. The Morgan fingerprint density at radius 3 is 2.36 bits per heavy atom. The van der Waals surface area contributed by atoms with E-state index in [1.807, 2.05) is 0 Å². The smallest absolute Gasteiger partial charge is 0.349 e. The molecule has 2 atom stereocenters. The minimum atomic E-state index is -4.37. The van der Waals surface area contributed by atoms with Crippen LogP contribution in [0.1, 0.15) is 46.7 Å². The fraction of sp³-hybridized carbons (Fsp3) is 0.333. The summed E-state index contributed by atoms with van der Waals surface area (Å²) in [5, 5.41) is 5.70. The first-order valence-electron chi connectivity index (χ1n) is 9.20. The lowest BCUT2D eigenvalue weighted by Crippen LogP contribution is -2.25. The highest BCUT2D eigenvalue weighted by Crippen LogP contribution is 2.48. The van der Waals surface area contributed by atoms with Crippen LogP contribution >= 0.6 is 0 Å². The van der Waals surface area contributed by atoms with Crippen LogP contribution in [-0.2, 0) is 11.0 Å². The molecule has 2 amide bonds. The average molecular weight is 388 g/mol. The van der Waals surface area contributed by atoms with Crippen molar-refractivity contribution >= 4 is 17.5 Å². The van der Waals surface area contributed by atoms with E-state index >= 15 is 0 Å². The second-order valence-electron chi connectivity index (χ2n) is 7.39. The van der Waals surface area contributed by atoms with Gasteiger partial charge < -0.3 is 10.6 Å². The van der Waals surface area contributed by atoms with Crippen LogP contribution in [0.15, 0.2) is 48.5 Å². The minimum absolute atomic E-state index is 0.0800. The number of nitrogens with one attached hydrogen (secondary N) is 2. The zero-order valence-electron chi connectivity index (χ0n) is 14.9. The van der Waals surface area contributed by atoms with Crippen molar-refractivity contribution in [1.82, 2.24) is 5.32 Å². The Kier molecular flexibility index (Phi) is 4.61. The highest BCUT2D eigenvalue weighted by molar-refractivity contribution is 5.98. The van der Waals surface area contributed by atoms with E-state index in [0.717, 1.165) is 30.5 Å². The lowest BCUT2D eigenvalue weighted by molar-refractivity contribution is -0.137. The van der Waals surface area contributed by atoms with Gasteiger partial charge in [0.15, 0.2) is 0 Å². The number of carbonyl (C=O) groups excluding carboxylic acids is 2. The summed E-state index contributed by atoms with van der Waals surface area (Å²) in [4.78, 5) is 24.6. The summed E-state index contributed by atoms with van der Waals surface area (Å²) < 4.78 is 38.0. The van der Waals surface area contributed by atoms with Crippen LogP contribution in [0.3, 0.4) is 0 Å². The predicted octanol–water partition coefficient (Wildman–Crippen LogP) is 4.34. The van der Waals surface area contributed by atoms with Gasteiger partial charge in [0.2, 0.25) is 5.91 Å². The molecule has 146 valence electrons. The number of anilines is 1. The molecule has 2 N–H and O–H groups in total. The van der Waals surface area contributed by atoms with Crippen molar-refractivity contribution < 1.29 is 22.8 Å².